The van der Waals surface area contributed by atoms with Crippen LogP contribution in [0, 0.1) is 10.1 Å². The van der Waals surface area contributed by atoms with Crippen LogP contribution >= 0.6 is 0 Å². The lowest BCUT2D eigenvalue weighted by molar-refractivity contribution is -0.384. The average Bonchev–Trinajstić information content (AvgIpc) is 2.48. The Kier molecular flexibility index (Phi) is 6.59. The number of hydrogen-bond donors (Lipinski definition) is 1. The second-order valence-corrected chi connectivity index (χ2v) is 4.45. The van der Waals surface area contributed by atoms with E-state index in [0.29, 0.717) is 0 Å². The van der Waals surface area contributed by atoms with Gasteiger partial charge in [0.2, 0.25) is 0 Å². The van der Waals surface area contributed by atoms with E-state index in [4.69, 9.17) is 5.11 Å². The van der Waals surface area contributed by atoms with Crippen LogP contribution in [0.5, 0.6) is 0 Å². The smallest absolute Gasteiger partial charge is 0.270 e. The summed E-state index contributed by atoms with van der Waals surface area (Å²) in [4.78, 5) is 21.3. The van der Waals surface area contributed by atoms with Crippen LogP contribution in [0.3, 0.4) is 0 Å². The molecule has 0 spiro atoms. The highest BCUT2D eigenvalue weighted by Gasteiger charge is 2.15. The Labute approximate surface area is 118 Å². The van der Waals surface area contributed by atoms with Gasteiger partial charge in [-0.15, -0.1) is 0 Å². The molecule has 0 saturated carbocycles. The standard InChI is InChI=1S/C13H13NO3.C2H6O/c15-9-11-4-1-2-7-13(11)10-5-3-6-12(8-10)14(16)17;1-2-3/h3,5-6,8-9H,1-2,4,7H2;3H,2H2,1H3. The molecule has 1 aliphatic rings. The summed E-state index contributed by atoms with van der Waals surface area (Å²) in [7, 11) is 0. The molecule has 0 radical (unpaired) electrons. The average molecular weight is 277 g/mol. The Morgan fingerprint density at radius 2 is 2.00 bits per heavy atom. The van der Waals surface area contributed by atoms with Gasteiger partial charge in [0.25, 0.3) is 5.69 Å². The first kappa shape index (κ1) is 16.0. The normalized spacial score (nSPS) is 14.3. The summed E-state index contributed by atoms with van der Waals surface area (Å²) in [6, 6.07) is 6.51. The Morgan fingerprint density at radius 1 is 1.35 bits per heavy atom. The van der Waals surface area contributed by atoms with Gasteiger partial charge in [0.05, 0.1) is 4.92 Å². The van der Waals surface area contributed by atoms with Gasteiger partial charge >= 0.3 is 0 Å². The number of nitro benzene ring substituents is 1. The number of carbonyl (C=O) groups is 1. The maximum absolute atomic E-state index is 11.0. The highest BCUT2D eigenvalue weighted by molar-refractivity contribution is 5.89. The van der Waals surface area contributed by atoms with Crippen molar-refractivity contribution in [2.75, 3.05) is 6.61 Å². The number of aliphatic hydroxyl groups excluding tert-OH is 1. The van der Waals surface area contributed by atoms with E-state index in [2.05, 4.69) is 0 Å². The van der Waals surface area contributed by atoms with Crippen LogP contribution in [0.4, 0.5) is 5.69 Å². The Morgan fingerprint density at radius 3 is 2.60 bits per heavy atom. The molecule has 0 aliphatic heterocycles. The van der Waals surface area contributed by atoms with Gasteiger partial charge in [0, 0.05) is 18.7 Å². The zero-order valence-corrected chi connectivity index (χ0v) is 11.5. The number of benzene rings is 1. The summed E-state index contributed by atoms with van der Waals surface area (Å²) >= 11 is 0. The van der Waals surface area contributed by atoms with Crippen LogP contribution in [0.15, 0.2) is 29.8 Å². The first-order valence-corrected chi connectivity index (χ1v) is 6.66. The van der Waals surface area contributed by atoms with Crippen molar-refractivity contribution in [2.45, 2.75) is 32.6 Å². The van der Waals surface area contributed by atoms with Crippen molar-refractivity contribution in [3.05, 3.63) is 45.5 Å². The molecule has 1 N–H and O–H groups in total. The van der Waals surface area contributed by atoms with E-state index < -0.39 is 4.92 Å². The summed E-state index contributed by atoms with van der Waals surface area (Å²) in [6.07, 6.45) is 4.55. The maximum Gasteiger partial charge on any atom is 0.270 e. The lowest BCUT2D eigenvalue weighted by atomic mass is 9.88. The van der Waals surface area contributed by atoms with Crippen LogP contribution in [-0.4, -0.2) is 22.9 Å². The van der Waals surface area contributed by atoms with Crippen LogP contribution in [0.25, 0.3) is 5.57 Å². The second kappa shape index (κ2) is 8.22. The number of carbonyl (C=O) groups excluding carboxylic acids is 1. The summed E-state index contributed by atoms with van der Waals surface area (Å²) in [5, 5.41) is 18.3. The molecule has 1 aliphatic carbocycles. The number of aldehydes is 1. The van der Waals surface area contributed by atoms with Crippen LogP contribution in [-0.2, 0) is 4.79 Å². The third-order valence-electron chi connectivity index (χ3n) is 3.06. The van der Waals surface area contributed by atoms with Crippen LogP contribution in [0.2, 0.25) is 0 Å². The third-order valence-corrected chi connectivity index (χ3v) is 3.06. The van der Waals surface area contributed by atoms with Gasteiger partial charge < -0.3 is 5.11 Å². The van der Waals surface area contributed by atoms with Crippen LogP contribution < -0.4 is 0 Å². The molecule has 20 heavy (non-hydrogen) atoms. The first-order valence-electron chi connectivity index (χ1n) is 6.66. The molecule has 1 aromatic carbocycles. The van der Waals surface area contributed by atoms with E-state index >= 15 is 0 Å². The van der Waals surface area contributed by atoms with Crippen molar-refractivity contribution in [3.8, 4) is 0 Å². The highest BCUT2D eigenvalue weighted by Crippen LogP contribution is 2.32. The van der Waals surface area contributed by atoms with Gasteiger partial charge in [-0.2, -0.15) is 0 Å². The van der Waals surface area contributed by atoms with Crippen molar-refractivity contribution in [3.63, 3.8) is 0 Å². The minimum absolute atomic E-state index is 0.0748. The molecule has 0 saturated heterocycles. The minimum Gasteiger partial charge on any atom is -0.397 e. The summed E-state index contributed by atoms with van der Waals surface area (Å²) in [5.74, 6) is 0. The van der Waals surface area contributed by atoms with Crippen LogP contribution in [0.1, 0.15) is 38.2 Å². The number of hydrogen-bond acceptors (Lipinski definition) is 4. The number of non-ortho nitro benzene ring substituents is 1. The van der Waals surface area contributed by atoms with Crippen molar-refractivity contribution in [1.29, 1.82) is 0 Å². The van der Waals surface area contributed by atoms with Gasteiger partial charge in [-0.05, 0) is 49.3 Å². The molecule has 2 rings (SSSR count). The predicted molar refractivity (Wildman–Crippen MR) is 77.3 cm³/mol. The molecule has 5 nitrogen and oxygen atoms in total. The number of rotatable bonds is 3. The zero-order valence-electron chi connectivity index (χ0n) is 11.5. The van der Waals surface area contributed by atoms with Gasteiger partial charge in [0.15, 0.2) is 0 Å². The SMILES string of the molecule is CCO.O=CC1=C(c2cccc([N+](=O)[O-])c2)CCCC1. The van der Waals surface area contributed by atoms with E-state index in [0.717, 1.165) is 48.7 Å². The molecular weight excluding hydrogens is 258 g/mol. The quantitative estimate of drug-likeness (QED) is 0.523. The number of nitro groups is 1. The van der Waals surface area contributed by atoms with Crippen molar-refractivity contribution >= 4 is 17.5 Å². The van der Waals surface area contributed by atoms with Crippen molar-refractivity contribution in [2.24, 2.45) is 0 Å². The summed E-state index contributed by atoms with van der Waals surface area (Å²) < 4.78 is 0. The minimum atomic E-state index is -0.409. The number of allylic oxidation sites excluding steroid dienone is 2. The largest absolute Gasteiger partial charge is 0.397 e. The fourth-order valence-electron chi connectivity index (χ4n) is 2.20. The molecule has 0 aromatic heterocycles. The molecule has 108 valence electrons. The fourth-order valence-corrected chi connectivity index (χ4v) is 2.20. The van der Waals surface area contributed by atoms with E-state index in [-0.39, 0.29) is 12.3 Å². The summed E-state index contributed by atoms with van der Waals surface area (Å²) in [6.45, 7) is 1.93. The van der Waals surface area contributed by atoms with E-state index in [9.17, 15) is 14.9 Å². The molecule has 0 fully saturated rings. The second-order valence-electron chi connectivity index (χ2n) is 4.45. The van der Waals surface area contributed by atoms with Crippen molar-refractivity contribution < 1.29 is 14.8 Å². The Balaban J connectivity index is 0.000000612. The Bertz CT molecular complexity index is 508. The molecule has 0 bridgehead atoms. The third kappa shape index (κ3) is 4.28. The highest BCUT2D eigenvalue weighted by atomic mass is 16.6. The van der Waals surface area contributed by atoms with Gasteiger partial charge in [0.1, 0.15) is 6.29 Å². The molecule has 0 heterocycles. The van der Waals surface area contributed by atoms with E-state index in [1.54, 1.807) is 19.1 Å². The van der Waals surface area contributed by atoms with Crippen molar-refractivity contribution in [1.82, 2.24) is 0 Å². The summed E-state index contributed by atoms with van der Waals surface area (Å²) in [5.41, 5.74) is 2.64. The van der Waals surface area contributed by atoms with Gasteiger partial charge in [-0.1, -0.05) is 12.1 Å². The predicted octanol–water partition coefficient (Wildman–Crippen LogP) is 3.12. The topological polar surface area (TPSA) is 80.4 Å². The lowest BCUT2D eigenvalue weighted by Crippen LogP contribution is -2.01. The maximum atomic E-state index is 11.0. The molecule has 0 amide bonds. The van der Waals surface area contributed by atoms with Gasteiger partial charge in [-0.3, -0.25) is 14.9 Å². The fraction of sp³-hybridized carbons (Fsp3) is 0.400. The molecule has 0 atom stereocenters. The molecule has 1 aromatic rings. The number of aliphatic hydroxyl groups is 1. The van der Waals surface area contributed by atoms with E-state index in [1.165, 1.54) is 6.07 Å². The molecule has 5 heteroatoms. The van der Waals surface area contributed by atoms with E-state index in [1.807, 2.05) is 6.07 Å². The molecular formula is C15H19NO4. The lowest BCUT2D eigenvalue weighted by Gasteiger charge is -2.16. The molecule has 0 unspecified atom stereocenters. The Hall–Kier alpha value is -2.01. The monoisotopic (exact) mass is 277 g/mol. The number of nitrogens with zero attached hydrogens (tertiary/aromatic N) is 1. The zero-order chi connectivity index (χ0) is 15.0. The first-order chi connectivity index (χ1) is 9.63. The van der Waals surface area contributed by atoms with Gasteiger partial charge in [-0.25, -0.2) is 0 Å².